The summed E-state index contributed by atoms with van der Waals surface area (Å²) < 4.78 is 4.96. The summed E-state index contributed by atoms with van der Waals surface area (Å²) in [5.41, 5.74) is 0.798. The summed E-state index contributed by atoms with van der Waals surface area (Å²) in [7, 11) is 0. The Balaban J connectivity index is 1.71. The number of amides is 2. The van der Waals surface area contributed by atoms with Gasteiger partial charge in [0.1, 0.15) is 0 Å². The molecule has 0 aromatic carbocycles. The minimum atomic E-state index is -0.269. The van der Waals surface area contributed by atoms with Crippen molar-refractivity contribution >= 4 is 12.0 Å². The molecule has 1 aromatic heterocycles. The summed E-state index contributed by atoms with van der Waals surface area (Å²) in [4.78, 5) is 31.8. The molecule has 2 heterocycles. The van der Waals surface area contributed by atoms with Gasteiger partial charge in [0.25, 0.3) is 0 Å². The van der Waals surface area contributed by atoms with Crippen LogP contribution in [0.25, 0.3) is 0 Å². The van der Waals surface area contributed by atoms with Gasteiger partial charge < -0.3 is 19.9 Å². The fraction of sp³-hybridized carbons (Fsp3) is 0.615. The van der Waals surface area contributed by atoms with E-state index in [2.05, 4.69) is 15.3 Å². The Labute approximate surface area is 117 Å². The van der Waals surface area contributed by atoms with Crippen LogP contribution in [0.3, 0.4) is 0 Å². The second-order valence-corrected chi connectivity index (χ2v) is 4.78. The second-order valence-electron chi connectivity index (χ2n) is 4.78. The highest BCUT2D eigenvalue weighted by atomic mass is 16.6. The van der Waals surface area contributed by atoms with Crippen molar-refractivity contribution in [2.75, 3.05) is 19.7 Å². The molecule has 0 aliphatic carbocycles. The first-order valence-electron chi connectivity index (χ1n) is 6.87. The Bertz CT molecular complexity index is 438. The van der Waals surface area contributed by atoms with E-state index in [1.54, 1.807) is 24.3 Å². The predicted octanol–water partition coefficient (Wildman–Crippen LogP) is 0.689. The molecule has 0 saturated carbocycles. The zero-order valence-electron chi connectivity index (χ0n) is 11.6. The van der Waals surface area contributed by atoms with E-state index in [-0.39, 0.29) is 18.0 Å². The van der Waals surface area contributed by atoms with E-state index in [1.807, 2.05) is 0 Å². The number of likely N-dealkylation sites (tertiary alicyclic amines) is 1. The summed E-state index contributed by atoms with van der Waals surface area (Å²) in [6.45, 7) is 3.42. The number of hydrogen-bond donors (Lipinski definition) is 2. The van der Waals surface area contributed by atoms with Crippen molar-refractivity contribution < 1.29 is 14.3 Å². The van der Waals surface area contributed by atoms with Crippen molar-refractivity contribution in [3.05, 3.63) is 18.2 Å². The molecule has 0 spiro atoms. The highest BCUT2D eigenvalue weighted by Gasteiger charge is 2.24. The van der Waals surface area contributed by atoms with Crippen LogP contribution in [0.15, 0.2) is 12.5 Å². The number of rotatable bonds is 4. The summed E-state index contributed by atoms with van der Waals surface area (Å²) in [5.74, 6) is -0.0242. The van der Waals surface area contributed by atoms with Gasteiger partial charge in [-0.25, -0.2) is 9.78 Å². The van der Waals surface area contributed by atoms with Crippen LogP contribution in [0.4, 0.5) is 4.79 Å². The van der Waals surface area contributed by atoms with E-state index in [4.69, 9.17) is 4.74 Å². The lowest BCUT2D eigenvalue weighted by atomic mass is 10.1. The summed E-state index contributed by atoms with van der Waals surface area (Å²) in [6, 6.07) is 0.121. The molecule has 1 aliphatic heterocycles. The summed E-state index contributed by atoms with van der Waals surface area (Å²) in [6.07, 6.45) is 4.75. The van der Waals surface area contributed by atoms with Gasteiger partial charge in [0.2, 0.25) is 5.91 Å². The fourth-order valence-electron chi connectivity index (χ4n) is 2.25. The second kappa shape index (κ2) is 6.93. The molecule has 0 radical (unpaired) electrons. The van der Waals surface area contributed by atoms with Gasteiger partial charge in [0, 0.05) is 31.0 Å². The van der Waals surface area contributed by atoms with Crippen LogP contribution in [-0.2, 0) is 16.0 Å². The van der Waals surface area contributed by atoms with Gasteiger partial charge in [-0.3, -0.25) is 4.79 Å². The standard InChI is InChI=1S/C13H20N4O3/c1-2-20-13(19)17-5-3-10(4-6-17)16-12(18)7-11-8-14-9-15-11/h8-10H,2-7H2,1H3,(H,14,15)(H,16,18). The van der Waals surface area contributed by atoms with E-state index in [9.17, 15) is 9.59 Å². The first-order valence-corrected chi connectivity index (χ1v) is 6.87. The van der Waals surface area contributed by atoms with E-state index >= 15 is 0 Å². The lowest BCUT2D eigenvalue weighted by Crippen LogP contribution is -2.47. The molecular formula is C13H20N4O3. The molecule has 2 rings (SSSR count). The zero-order valence-corrected chi connectivity index (χ0v) is 11.6. The normalized spacial score (nSPS) is 15.9. The summed E-state index contributed by atoms with van der Waals surface area (Å²) >= 11 is 0. The Morgan fingerprint density at radius 3 is 2.85 bits per heavy atom. The van der Waals surface area contributed by atoms with Crippen molar-refractivity contribution in [1.82, 2.24) is 20.2 Å². The van der Waals surface area contributed by atoms with Crippen LogP contribution in [-0.4, -0.2) is 52.6 Å². The molecule has 0 bridgehead atoms. The quantitative estimate of drug-likeness (QED) is 0.849. The molecule has 7 heteroatoms. The SMILES string of the molecule is CCOC(=O)N1CCC(NC(=O)Cc2cnc[nH]2)CC1. The number of carbonyl (C=O) groups is 2. The van der Waals surface area contributed by atoms with Crippen LogP contribution in [0.5, 0.6) is 0 Å². The Hall–Kier alpha value is -2.05. The maximum atomic E-state index is 11.8. The molecule has 1 saturated heterocycles. The molecule has 2 amide bonds. The molecule has 0 atom stereocenters. The first kappa shape index (κ1) is 14.4. The van der Waals surface area contributed by atoms with Gasteiger partial charge in [0.15, 0.2) is 0 Å². The van der Waals surface area contributed by atoms with Gasteiger partial charge in [-0.2, -0.15) is 0 Å². The van der Waals surface area contributed by atoms with Crippen molar-refractivity contribution in [2.45, 2.75) is 32.2 Å². The van der Waals surface area contributed by atoms with Crippen molar-refractivity contribution in [3.8, 4) is 0 Å². The third-order valence-corrected chi connectivity index (χ3v) is 3.29. The molecule has 7 nitrogen and oxygen atoms in total. The van der Waals surface area contributed by atoms with Crippen molar-refractivity contribution in [2.24, 2.45) is 0 Å². The highest BCUT2D eigenvalue weighted by Crippen LogP contribution is 2.11. The number of carbonyl (C=O) groups excluding carboxylic acids is 2. The molecule has 1 aliphatic rings. The van der Waals surface area contributed by atoms with Gasteiger partial charge in [-0.15, -0.1) is 0 Å². The van der Waals surface area contributed by atoms with Crippen LogP contribution in [0.1, 0.15) is 25.5 Å². The number of aromatic nitrogens is 2. The van der Waals surface area contributed by atoms with Gasteiger partial charge in [-0.05, 0) is 19.8 Å². The Morgan fingerprint density at radius 1 is 1.50 bits per heavy atom. The number of nitrogens with zero attached hydrogens (tertiary/aromatic N) is 2. The van der Waals surface area contributed by atoms with Gasteiger partial charge in [0.05, 0.1) is 19.4 Å². The average Bonchev–Trinajstić information content (AvgIpc) is 2.92. The average molecular weight is 280 g/mol. The lowest BCUT2D eigenvalue weighted by molar-refractivity contribution is -0.121. The summed E-state index contributed by atoms with van der Waals surface area (Å²) in [5, 5.41) is 2.98. The van der Waals surface area contributed by atoms with E-state index < -0.39 is 0 Å². The monoisotopic (exact) mass is 280 g/mol. The molecular weight excluding hydrogens is 260 g/mol. The topological polar surface area (TPSA) is 87.3 Å². The molecule has 1 fully saturated rings. The van der Waals surface area contributed by atoms with Crippen LogP contribution in [0.2, 0.25) is 0 Å². The number of nitrogens with one attached hydrogen (secondary N) is 2. The van der Waals surface area contributed by atoms with Gasteiger partial charge >= 0.3 is 6.09 Å². The third-order valence-electron chi connectivity index (χ3n) is 3.29. The maximum Gasteiger partial charge on any atom is 0.409 e. The maximum absolute atomic E-state index is 11.8. The smallest absolute Gasteiger partial charge is 0.409 e. The molecule has 2 N–H and O–H groups in total. The molecule has 0 unspecified atom stereocenters. The number of imidazole rings is 1. The van der Waals surface area contributed by atoms with Crippen LogP contribution < -0.4 is 5.32 Å². The fourth-order valence-corrected chi connectivity index (χ4v) is 2.25. The van der Waals surface area contributed by atoms with E-state index in [1.165, 1.54) is 0 Å². The van der Waals surface area contributed by atoms with Crippen LogP contribution in [0, 0.1) is 0 Å². The highest BCUT2D eigenvalue weighted by molar-refractivity contribution is 5.78. The Morgan fingerprint density at radius 2 is 2.25 bits per heavy atom. The third kappa shape index (κ3) is 3.97. The number of ether oxygens (including phenoxy) is 1. The number of aromatic amines is 1. The zero-order chi connectivity index (χ0) is 14.4. The predicted molar refractivity (Wildman–Crippen MR) is 72.1 cm³/mol. The first-order chi connectivity index (χ1) is 9.69. The van der Waals surface area contributed by atoms with Crippen LogP contribution >= 0.6 is 0 Å². The molecule has 20 heavy (non-hydrogen) atoms. The Kier molecular flexibility index (Phi) is 4.97. The van der Waals surface area contributed by atoms with Crippen molar-refractivity contribution in [1.29, 1.82) is 0 Å². The largest absolute Gasteiger partial charge is 0.450 e. The molecule has 1 aromatic rings. The van der Waals surface area contributed by atoms with Crippen molar-refractivity contribution in [3.63, 3.8) is 0 Å². The number of hydrogen-bond acceptors (Lipinski definition) is 4. The van der Waals surface area contributed by atoms with E-state index in [0.29, 0.717) is 26.1 Å². The number of piperidine rings is 1. The van der Waals surface area contributed by atoms with E-state index in [0.717, 1.165) is 18.5 Å². The molecule has 110 valence electrons. The minimum absolute atomic E-state index is 0.0242. The number of H-pyrrole nitrogens is 1. The lowest BCUT2D eigenvalue weighted by Gasteiger charge is -2.31. The van der Waals surface area contributed by atoms with Gasteiger partial charge in [-0.1, -0.05) is 0 Å². The minimum Gasteiger partial charge on any atom is -0.450 e.